The third-order valence-electron chi connectivity index (χ3n) is 11.7. The molecule has 0 atom stereocenters. The Hall–Kier alpha value is -8.67. The lowest BCUT2D eigenvalue weighted by Crippen LogP contribution is -2.18. The first-order valence-electron chi connectivity index (χ1n) is 26.2. The van der Waals surface area contributed by atoms with Gasteiger partial charge in [-0.15, -0.1) is 0 Å². The number of hydrogen-bond acceptors (Lipinski definition) is 17. The predicted molar refractivity (Wildman–Crippen MR) is 291 cm³/mol. The molecular formula is C60H67N3O15. The molecule has 0 aliphatic carbocycles. The molecule has 0 N–H and O–H groups in total. The highest BCUT2D eigenvalue weighted by molar-refractivity contribution is 6.06. The van der Waals surface area contributed by atoms with Gasteiger partial charge in [-0.05, 0) is 167 Å². The van der Waals surface area contributed by atoms with Crippen LogP contribution in [0, 0.1) is 10.1 Å². The maximum Gasteiger partial charge on any atom is 0.344 e. The summed E-state index contributed by atoms with van der Waals surface area (Å²) >= 11 is 0. The zero-order valence-electron chi connectivity index (χ0n) is 43.9. The summed E-state index contributed by atoms with van der Waals surface area (Å²) in [5, 5.41) is 19.1. The van der Waals surface area contributed by atoms with Crippen LogP contribution in [-0.2, 0) is 23.8 Å². The molecule has 412 valence electrons. The first-order valence-corrected chi connectivity index (χ1v) is 26.2. The van der Waals surface area contributed by atoms with E-state index in [-0.39, 0.29) is 40.5 Å². The van der Waals surface area contributed by atoms with Gasteiger partial charge in [0.25, 0.3) is 5.69 Å². The summed E-state index contributed by atoms with van der Waals surface area (Å²) in [6.45, 7) is 9.05. The van der Waals surface area contributed by atoms with Crippen molar-refractivity contribution < 1.29 is 66.8 Å². The van der Waals surface area contributed by atoms with Crippen LogP contribution in [0.5, 0.6) is 28.7 Å². The molecule has 78 heavy (non-hydrogen) atoms. The summed E-state index contributed by atoms with van der Waals surface area (Å²) in [7, 11) is 0. The number of nitro groups is 1. The minimum Gasteiger partial charge on any atom is -0.494 e. The molecule has 0 aromatic heterocycles. The van der Waals surface area contributed by atoms with E-state index in [9.17, 15) is 34.1 Å². The molecule has 0 saturated carbocycles. The van der Waals surface area contributed by atoms with Crippen molar-refractivity contribution in [3.05, 3.63) is 167 Å². The number of rotatable bonds is 37. The molecule has 18 nitrogen and oxygen atoms in total. The average Bonchev–Trinajstić information content (AvgIpc) is 3.48. The minimum atomic E-state index is -0.830. The molecule has 0 aliphatic rings. The second-order valence-corrected chi connectivity index (χ2v) is 17.7. The van der Waals surface area contributed by atoms with E-state index in [1.54, 1.807) is 60.7 Å². The second kappa shape index (κ2) is 34.8. The standard InChI is InChI=1S/C60H67N3O15/c1-3-56(64)74-41-17-12-10-15-39-72-50-29-33-52(34-30-50)77-58(66)45-20-37-54(60(68)78-53-35-31-51(32-36-53)73-40-16-11-13-18-42-75-57(65)4-2)55(44-45)59(67)76-43-19-9-7-5-6-8-14-38-71-49-27-23-47(24-28-49)62-61-46-21-25-48(26-22-46)63(69)70/h3-4,20-37,44H,1-2,5-19,38-43H2. The predicted octanol–water partition coefficient (Wildman–Crippen LogP) is 13.8. The lowest BCUT2D eigenvalue weighted by Gasteiger charge is -2.12. The van der Waals surface area contributed by atoms with E-state index < -0.39 is 34.8 Å². The molecule has 5 rings (SSSR count). The Morgan fingerprint density at radius 2 is 0.769 bits per heavy atom. The summed E-state index contributed by atoms with van der Waals surface area (Å²) < 4.78 is 44.5. The molecule has 5 aromatic rings. The van der Waals surface area contributed by atoms with Crippen molar-refractivity contribution in [1.82, 2.24) is 0 Å². The molecule has 0 radical (unpaired) electrons. The van der Waals surface area contributed by atoms with Crippen LogP contribution in [0.2, 0.25) is 0 Å². The van der Waals surface area contributed by atoms with E-state index in [1.165, 1.54) is 42.5 Å². The van der Waals surface area contributed by atoms with Gasteiger partial charge in [0, 0.05) is 24.3 Å². The molecule has 0 aliphatic heterocycles. The number of azo groups is 1. The Labute approximate surface area is 454 Å². The first kappa shape index (κ1) is 60.2. The quantitative estimate of drug-likeness (QED) is 0.00526. The van der Waals surface area contributed by atoms with E-state index >= 15 is 0 Å². The van der Waals surface area contributed by atoms with Gasteiger partial charge < -0.3 is 37.9 Å². The van der Waals surface area contributed by atoms with E-state index in [2.05, 4.69) is 23.4 Å². The van der Waals surface area contributed by atoms with E-state index in [0.717, 1.165) is 102 Å². The topological polar surface area (TPSA) is 227 Å². The number of ether oxygens (including phenoxy) is 8. The summed E-state index contributed by atoms with van der Waals surface area (Å²) in [5.41, 5.74) is 0.873. The fraction of sp³-hybridized carbons (Fsp3) is 0.350. The lowest BCUT2D eigenvalue weighted by molar-refractivity contribution is -0.384. The number of nitrogens with zero attached hydrogens (tertiary/aromatic N) is 3. The smallest absolute Gasteiger partial charge is 0.344 e. The number of carbonyl (C=O) groups is 5. The molecule has 0 amide bonds. The highest BCUT2D eigenvalue weighted by Crippen LogP contribution is 2.26. The number of esters is 5. The molecule has 0 bridgehead atoms. The Balaban J connectivity index is 1.06. The van der Waals surface area contributed by atoms with E-state index in [0.29, 0.717) is 68.1 Å². The molecule has 0 fully saturated rings. The average molecular weight is 1070 g/mol. The van der Waals surface area contributed by atoms with E-state index in [4.69, 9.17) is 37.9 Å². The fourth-order valence-corrected chi connectivity index (χ4v) is 7.40. The van der Waals surface area contributed by atoms with Crippen molar-refractivity contribution in [3.63, 3.8) is 0 Å². The summed E-state index contributed by atoms with van der Waals surface area (Å²) in [6.07, 6.45) is 15.1. The third-order valence-corrected chi connectivity index (χ3v) is 11.7. The second-order valence-electron chi connectivity index (χ2n) is 17.7. The van der Waals surface area contributed by atoms with Crippen LogP contribution < -0.4 is 23.7 Å². The van der Waals surface area contributed by atoms with Crippen molar-refractivity contribution in [2.24, 2.45) is 10.2 Å². The van der Waals surface area contributed by atoms with Crippen LogP contribution in [0.4, 0.5) is 17.1 Å². The molecule has 0 spiro atoms. The Kier molecular flexibility index (Phi) is 26.9. The van der Waals surface area contributed by atoms with Crippen LogP contribution in [0.15, 0.2) is 151 Å². The van der Waals surface area contributed by atoms with Gasteiger partial charge in [0.2, 0.25) is 0 Å². The molecule has 0 unspecified atom stereocenters. The van der Waals surface area contributed by atoms with Crippen molar-refractivity contribution in [3.8, 4) is 28.7 Å². The minimum absolute atomic E-state index is 0.0128. The van der Waals surface area contributed by atoms with Gasteiger partial charge in [0.05, 0.1) is 72.6 Å². The molecular weight excluding hydrogens is 1000 g/mol. The van der Waals surface area contributed by atoms with Crippen LogP contribution in [0.3, 0.4) is 0 Å². The zero-order valence-corrected chi connectivity index (χ0v) is 43.9. The van der Waals surface area contributed by atoms with Gasteiger partial charge in [-0.3, -0.25) is 10.1 Å². The van der Waals surface area contributed by atoms with Gasteiger partial charge in [-0.1, -0.05) is 45.3 Å². The fourth-order valence-electron chi connectivity index (χ4n) is 7.40. The van der Waals surface area contributed by atoms with Gasteiger partial charge in [-0.2, -0.15) is 10.2 Å². The molecule has 0 heterocycles. The number of nitro benzene ring substituents is 1. The molecule has 5 aromatic carbocycles. The molecule has 0 saturated heterocycles. The summed E-state index contributed by atoms with van der Waals surface area (Å²) in [4.78, 5) is 73.4. The van der Waals surface area contributed by atoms with Crippen LogP contribution in [0.1, 0.15) is 127 Å². The third kappa shape index (κ3) is 23.1. The lowest BCUT2D eigenvalue weighted by atomic mass is 10.0. The van der Waals surface area contributed by atoms with Gasteiger partial charge in [0.15, 0.2) is 0 Å². The summed E-state index contributed by atoms with van der Waals surface area (Å²) in [6, 6.07) is 30.0. The Bertz CT molecular complexity index is 2730. The van der Waals surface area contributed by atoms with Crippen molar-refractivity contribution in [2.45, 2.75) is 96.3 Å². The van der Waals surface area contributed by atoms with E-state index in [1.807, 2.05) is 12.1 Å². The van der Waals surface area contributed by atoms with Gasteiger partial charge in [0.1, 0.15) is 28.7 Å². The highest BCUT2D eigenvalue weighted by atomic mass is 16.6. The van der Waals surface area contributed by atoms with Crippen LogP contribution >= 0.6 is 0 Å². The first-order chi connectivity index (χ1) is 38.0. The normalized spacial score (nSPS) is 10.8. The van der Waals surface area contributed by atoms with Crippen molar-refractivity contribution in [1.29, 1.82) is 0 Å². The van der Waals surface area contributed by atoms with Gasteiger partial charge >= 0.3 is 29.8 Å². The van der Waals surface area contributed by atoms with Crippen molar-refractivity contribution >= 4 is 46.9 Å². The maximum absolute atomic E-state index is 13.7. The Morgan fingerprint density at radius 1 is 0.410 bits per heavy atom. The SMILES string of the molecule is C=CC(=O)OCCCCCCOc1ccc(OC(=O)c2ccc(C(=O)Oc3ccc(OCCCCCCOC(=O)C=C)cc3)c(C(=O)OCCCCCCCCCOc3ccc(N=Nc4ccc([N+](=O)[O-])cc4)cc3)c2)cc1. The zero-order chi connectivity index (χ0) is 55.6. The van der Waals surface area contributed by atoms with Crippen molar-refractivity contribution in [2.75, 3.05) is 39.6 Å². The monoisotopic (exact) mass is 1070 g/mol. The maximum atomic E-state index is 13.7. The number of non-ortho nitro benzene ring substituents is 1. The number of hydrogen-bond donors (Lipinski definition) is 0. The van der Waals surface area contributed by atoms with Crippen LogP contribution in [-0.4, -0.2) is 74.4 Å². The number of benzene rings is 5. The number of carbonyl (C=O) groups excluding carboxylic acids is 5. The number of unbranched alkanes of at least 4 members (excludes halogenated alkanes) is 12. The molecule has 18 heteroatoms. The Morgan fingerprint density at radius 3 is 1.19 bits per heavy atom. The highest BCUT2D eigenvalue weighted by Gasteiger charge is 2.23. The largest absolute Gasteiger partial charge is 0.494 e. The van der Waals surface area contributed by atoms with Crippen LogP contribution in [0.25, 0.3) is 0 Å². The van der Waals surface area contributed by atoms with Gasteiger partial charge in [-0.25, -0.2) is 24.0 Å². The summed E-state index contributed by atoms with van der Waals surface area (Å²) in [5.74, 6) is -0.917.